The molecule has 1 N–H and O–H groups in total. The normalized spacial score (nSPS) is 13.9. The van der Waals surface area contributed by atoms with Gasteiger partial charge in [0.15, 0.2) is 0 Å². The van der Waals surface area contributed by atoms with E-state index in [9.17, 15) is 14.4 Å². The summed E-state index contributed by atoms with van der Waals surface area (Å²) in [5.41, 5.74) is 3.81. The number of aryl methyl sites for hydroxylation is 2. The van der Waals surface area contributed by atoms with E-state index >= 15 is 0 Å². The number of rotatable bonds is 5. The van der Waals surface area contributed by atoms with Crippen LogP contribution in [0.4, 0.5) is 5.69 Å². The molecule has 2 aromatic carbocycles. The van der Waals surface area contributed by atoms with Gasteiger partial charge in [0.25, 0.3) is 11.7 Å². The molecule has 2 heterocycles. The van der Waals surface area contributed by atoms with Crippen molar-refractivity contribution in [3.8, 4) is 0 Å². The lowest BCUT2D eigenvalue weighted by Gasteiger charge is -2.25. The number of carbonyl (C=O) groups excluding carboxylic acids is 3. The Morgan fingerprint density at radius 2 is 1.65 bits per heavy atom. The first-order valence-electron chi connectivity index (χ1n) is 10.3. The zero-order valence-electron chi connectivity index (χ0n) is 17.7. The van der Waals surface area contributed by atoms with Crippen LogP contribution in [0.25, 0.3) is 10.9 Å². The van der Waals surface area contributed by atoms with Crippen LogP contribution in [0.2, 0.25) is 0 Å². The standard InChI is InChI=1S/C24H25N3O4/c1-16-6-5-7-17(2)22(16)25-21(28)15-27-14-19(18-8-3-4-9-20(18)27)23(29)24(30)26-10-12-31-13-11-26/h3-9,14H,10-13,15H2,1-2H3,(H,25,28). The van der Waals surface area contributed by atoms with E-state index in [0.29, 0.717) is 37.3 Å². The summed E-state index contributed by atoms with van der Waals surface area (Å²) in [5, 5.41) is 3.63. The Morgan fingerprint density at radius 1 is 0.968 bits per heavy atom. The average molecular weight is 419 g/mol. The predicted octanol–water partition coefficient (Wildman–Crippen LogP) is 2.94. The number of ether oxygens (including phenoxy) is 1. The van der Waals surface area contributed by atoms with Crippen molar-refractivity contribution in [2.24, 2.45) is 0 Å². The molecular weight excluding hydrogens is 394 g/mol. The molecule has 31 heavy (non-hydrogen) atoms. The minimum atomic E-state index is -0.563. The van der Waals surface area contributed by atoms with Crippen LogP contribution in [0.1, 0.15) is 21.5 Å². The second-order valence-electron chi connectivity index (χ2n) is 7.74. The molecule has 1 aliphatic heterocycles. The fourth-order valence-electron chi connectivity index (χ4n) is 3.93. The molecule has 3 aromatic rings. The fourth-order valence-corrected chi connectivity index (χ4v) is 3.93. The number of carbonyl (C=O) groups is 3. The molecule has 1 aliphatic rings. The fraction of sp³-hybridized carbons (Fsp3) is 0.292. The number of anilines is 1. The smallest absolute Gasteiger partial charge is 0.295 e. The first-order valence-corrected chi connectivity index (χ1v) is 10.3. The second-order valence-corrected chi connectivity index (χ2v) is 7.74. The summed E-state index contributed by atoms with van der Waals surface area (Å²) in [4.78, 5) is 40.0. The maximum atomic E-state index is 13.0. The van der Waals surface area contributed by atoms with Crippen molar-refractivity contribution in [1.29, 1.82) is 0 Å². The number of Topliss-reactive ketones (excluding diaryl/α,β-unsaturated/α-hetero) is 1. The molecule has 0 radical (unpaired) electrons. The SMILES string of the molecule is Cc1cccc(C)c1NC(=O)Cn1cc(C(=O)C(=O)N2CCOCC2)c2ccccc21. The number of nitrogens with zero attached hydrogens (tertiary/aromatic N) is 2. The molecule has 0 bridgehead atoms. The van der Waals surface area contributed by atoms with Gasteiger partial charge in [0.2, 0.25) is 5.91 Å². The van der Waals surface area contributed by atoms with Crippen molar-refractivity contribution in [2.45, 2.75) is 20.4 Å². The quantitative estimate of drug-likeness (QED) is 0.509. The van der Waals surface area contributed by atoms with Crippen molar-refractivity contribution in [2.75, 3.05) is 31.6 Å². The first kappa shape index (κ1) is 20.8. The summed E-state index contributed by atoms with van der Waals surface area (Å²) in [5.74, 6) is -1.30. The molecule has 160 valence electrons. The van der Waals surface area contributed by atoms with Gasteiger partial charge in [0.1, 0.15) is 6.54 Å². The van der Waals surface area contributed by atoms with E-state index in [1.165, 1.54) is 4.90 Å². The van der Waals surface area contributed by atoms with Crippen LogP contribution in [-0.2, 0) is 20.9 Å². The number of benzene rings is 2. The van der Waals surface area contributed by atoms with Crippen molar-refractivity contribution in [3.05, 3.63) is 65.4 Å². The third kappa shape index (κ3) is 4.22. The van der Waals surface area contributed by atoms with Gasteiger partial charge in [-0.25, -0.2) is 0 Å². The highest BCUT2D eigenvalue weighted by atomic mass is 16.5. The van der Waals surface area contributed by atoms with E-state index in [2.05, 4.69) is 5.32 Å². The average Bonchev–Trinajstić information content (AvgIpc) is 3.14. The lowest BCUT2D eigenvalue weighted by Crippen LogP contribution is -2.44. The number of aromatic nitrogens is 1. The molecule has 1 saturated heterocycles. The van der Waals surface area contributed by atoms with Crippen LogP contribution in [0.15, 0.2) is 48.7 Å². The van der Waals surface area contributed by atoms with Crippen molar-refractivity contribution >= 4 is 34.2 Å². The maximum absolute atomic E-state index is 13.0. The van der Waals surface area contributed by atoms with Crippen LogP contribution in [0, 0.1) is 13.8 Å². The van der Waals surface area contributed by atoms with Gasteiger partial charge < -0.3 is 19.5 Å². The number of amides is 2. The van der Waals surface area contributed by atoms with Gasteiger partial charge >= 0.3 is 0 Å². The van der Waals surface area contributed by atoms with E-state index in [4.69, 9.17) is 4.74 Å². The molecule has 0 saturated carbocycles. The van der Waals surface area contributed by atoms with E-state index < -0.39 is 11.7 Å². The first-order chi connectivity index (χ1) is 15.0. The van der Waals surface area contributed by atoms with E-state index in [-0.39, 0.29) is 12.5 Å². The Morgan fingerprint density at radius 3 is 2.35 bits per heavy atom. The van der Waals surface area contributed by atoms with Gasteiger partial charge in [-0.05, 0) is 31.0 Å². The van der Waals surface area contributed by atoms with Crippen LogP contribution in [0.5, 0.6) is 0 Å². The molecule has 0 spiro atoms. The molecule has 0 atom stereocenters. The summed E-state index contributed by atoms with van der Waals surface area (Å²) in [7, 11) is 0. The number of nitrogens with one attached hydrogen (secondary N) is 1. The highest BCUT2D eigenvalue weighted by Gasteiger charge is 2.27. The Hall–Kier alpha value is -3.45. The van der Waals surface area contributed by atoms with Crippen LogP contribution in [-0.4, -0.2) is 53.4 Å². The zero-order chi connectivity index (χ0) is 22.0. The van der Waals surface area contributed by atoms with Crippen molar-refractivity contribution in [3.63, 3.8) is 0 Å². The molecule has 0 unspecified atom stereocenters. The molecule has 7 nitrogen and oxygen atoms in total. The Balaban J connectivity index is 1.60. The maximum Gasteiger partial charge on any atom is 0.295 e. The van der Waals surface area contributed by atoms with Crippen LogP contribution < -0.4 is 5.32 Å². The number of para-hydroxylation sites is 2. The van der Waals surface area contributed by atoms with E-state index in [0.717, 1.165) is 22.3 Å². The molecular formula is C24H25N3O4. The van der Waals surface area contributed by atoms with Gasteiger partial charge in [-0.15, -0.1) is 0 Å². The Labute approximate surface area is 180 Å². The molecule has 4 rings (SSSR count). The van der Waals surface area contributed by atoms with Gasteiger partial charge in [0, 0.05) is 35.9 Å². The Bertz CT molecular complexity index is 1140. The highest BCUT2D eigenvalue weighted by molar-refractivity contribution is 6.44. The van der Waals surface area contributed by atoms with Crippen molar-refractivity contribution < 1.29 is 19.1 Å². The minimum Gasteiger partial charge on any atom is -0.378 e. The molecule has 1 fully saturated rings. The van der Waals surface area contributed by atoms with Crippen LogP contribution in [0.3, 0.4) is 0 Å². The number of hydrogen-bond acceptors (Lipinski definition) is 4. The number of hydrogen-bond donors (Lipinski definition) is 1. The summed E-state index contributed by atoms with van der Waals surface area (Å²) < 4.78 is 6.99. The molecule has 1 aromatic heterocycles. The van der Waals surface area contributed by atoms with E-state index in [1.54, 1.807) is 16.8 Å². The van der Waals surface area contributed by atoms with Gasteiger partial charge in [-0.1, -0.05) is 36.4 Å². The third-order valence-corrected chi connectivity index (χ3v) is 5.59. The lowest BCUT2D eigenvalue weighted by atomic mass is 10.1. The summed E-state index contributed by atoms with van der Waals surface area (Å²) in [6, 6.07) is 13.2. The summed E-state index contributed by atoms with van der Waals surface area (Å²) in [6.07, 6.45) is 1.61. The van der Waals surface area contributed by atoms with Gasteiger partial charge in [-0.3, -0.25) is 14.4 Å². The largest absolute Gasteiger partial charge is 0.378 e. The summed E-state index contributed by atoms with van der Waals surface area (Å²) in [6.45, 7) is 5.60. The van der Waals surface area contributed by atoms with Gasteiger partial charge in [-0.2, -0.15) is 0 Å². The number of morpholine rings is 1. The lowest BCUT2D eigenvalue weighted by molar-refractivity contribution is -0.130. The Kier molecular flexibility index (Phi) is 5.86. The topological polar surface area (TPSA) is 80.6 Å². The number of ketones is 1. The van der Waals surface area contributed by atoms with Gasteiger partial charge in [0.05, 0.1) is 18.8 Å². The minimum absolute atomic E-state index is 0.0350. The van der Waals surface area contributed by atoms with E-state index in [1.807, 2.05) is 50.2 Å². The zero-order valence-corrected chi connectivity index (χ0v) is 17.7. The molecule has 2 amide bonds. The van der Waals surface area contributed by atoms with Crippen LogP contribution >= 0.6 is 0 Å². The molecule has 0 aliphatic carbocycles. The monoisotopic (exact) mass is 419 g/mol. The predicted molar refractivity (Wildman–Crippen MR) is 118 cm³/mol. The second kappa shape index (κ2) is 8.73. The number of fused-ring (bicyclic) bond motifs is 1. The van der Waals surface area contributed by atoms with Crippen molar-refractivity contribution in [1.82, 2.24) is 9.47 Å². The molecule has 7 heteroatoms. The third-order valence-electron chi connectivity index (χ3n) is 5.59. The summed E-state index contributed by atoms with van der Waals surface area (Å²) >= 11 is 0. The highest BCUT2D eigenvalue weighted by Crippen LogP contribution is 2.24.